The molecule has 0 bridgehead atoms. The van der Waals surface area contributed by atoms with Gasteiger partial charge in [-0.3, -0.25) is 4.79 Å². The summed E-state index contributed by atoms with van der Waals surface area (Å²) in [6, 6.07) is 0.915. The first-order valence-electron chi connectivity index (χ1n) is 7.69. The van der Waals surface area contributed by atoms with Crippen LogP contribution in [0.3, 0.4) is 0 Å². The molecule has 1 aliphatic rings. The summed E-state index contributed by atoms with van der Waals surface area (Å²) in [5.74, 6) is -1.67. The standard InChI is InChI=1S/C17H14FN3O4/c1-9-7-25-16-11(5-20-3-2-19-8-20)13(18)4-10-14(16)21(9)6-12(15(10)22)17(23)24/h2-4,6,8-9H,5,7H2,1H3,(H,23,24). The SMILES string of the molecule is CC1COc2c(Cn3ccnc3)c(F)cc3c(=O)c(C(=O)O)cn1c23. The fraction of sp³-hybridized carbons (Fsp3) is 0.235. The van der Waals surface area contributed by atoms with E-state index < -0.39 is 17.2 Å². The highest BCUT2D eigenvalue weighted by Gasteiger charge is 2.27. The number of rotatable bonds is 3. The lowest BCUT2D eigenvalue weighted by molar-refractivity contribution is 0.0694. The van der Waals surface area contributed by atoms with Crippen molar-refractivity contribution in [3.8, 4) is 5.75 Å². The number of pyridine rings is 1. The van der Waals surface area contributed by atoms with Crippen molar-refractivity contribution in [3.05, 3.63) is 58.2 Å². The Morgan fingerprint density at radius 1 is 1.52 bits per heavy atom. The van der Waals surface area contributed by atoms with Crippen LogP contribution in [0, 0.1) is 5.82 Å². The second-order valence-corrected chi connectivity index (χ2v) is 6.04. The topological polar surface area (TPSA) is 86.3 Å². The molecular weight excluding hydrogens is 329 g/mol. The van der Waals surface area contributed by atoms with Gasteiger partial charge in [0.15, 0.2) is 5.75 Å². The van der Waals surface area contributed by atoms with Crippen LogP contribution in [-0.4, -0.2) is 31.8 Å². The molecule has 1 unspecified atom stereocenters. The predicted octanol–water partition coefficient (Wildman–Crippen LogP) is 2.04. The van der Waals surface area contributed by atoms with E-state index in [9.17, 15) is 19.1 Å². The summed E-state index contributed by atoms with van der Waals surface area (Å²) < 4.78 is 23.8. The number of benzene rings is 1. The fourth-order valence-corrected chi connectivity index (χ4v) is 3.14. The number of nitrogens with zero attached hydrogens (tertiary/aromatic N) is 3. The molecule has 0 saturated carbocycles. The summed E-state index contributed by atoms with van der Waals surface area (Å²) in [7, 11) is 0. The van der Waals surface area contributed by atoms with Crippen molar-refractivity contribution in [3.63, 3.8) is 0 Å². The van der Waals surface area contributed by atoms with Crippen molar-refractivity contribution in [2.24, 2.45) is 0 Å². The van der Waals surface area contributed by atoms with Crippen LogP contribution in [0.2, 0.25) is 0 Å². The van der Waals surface area contributed by atoms with E-state index in [0.717, 1.165) is 6.07 Å². The zero-order valence-electron chi connectivity index (χ0n) is 13.3. The van der Waals surface area contributed by atoms with Crippen LogP contribution >= 0.6 is 0 Å². The average molecular weight is 343 g/mol. The second-order valence-electron chi connectivity index (χ2n) is 6.04. The van der Waals surface area contributed by atoms with Crippen molar-refractivity contribution in [1.82, 2.24) is 14.1 Å². The van der Waals surface area contributed by atoms with Gasteiger partial charge in [0.2, 0.25) is 5.43 Å². The second kappa shape index (κ2) is 5.44. The van der Waals surface area contributed by atoms with Crippen LogP contribution in [-0.2, 0) is 6.54 Å². The number of halogens is 1. The van der Waals surface area contributed by atoms with E-state index in [0.29, 0.717) is 11.1 Å². The molecule has 8 heteroatoms. The summed E-state index contributed by atoms with van der Waals surface area (Å²) in [6.07, 6.45) is 6.15. The smallest absolute Gasteiger partial charge is 0.341 e. The van der Waals surface area contributed by atoms with Crippen LogP contribution in [0.1, 0.15) is 28.9 Å². The molecular formula is C17H14FN3O4. The van der Waals surface area contributed by atoms with Crippen LogP contribution in [0.5, 0.6) is 5.75 Å². The van der Waals surface area contributed by atoms with Gasteiger partial charge in [-0.05, 0) is 13.0 Å². The van der Waals surface area contributed by atoms with Gasteiger partial charge in [0.1, 0.15) is 18.0 Å². The highest BCUT2D eigenvalue weighted by Crippen LogP contribution is 2.36. The largest absolute Gasteiger partial charge is 0.489 e. The molecule has 7 nitrogen and oxygen atoms in total. The Morgan fingerprint density at radius 3 is 3.00 bits per heavy atom. The lowest BCUT2D eigenvalue weighted by Crippen LogP contribution is -2.27. The first-order chi connectivity index (χ1) is 12.0. The zero-order valence-corrected chi connectivity index (χ0v) is 13.3. The third-order valence-corrected chi connectivity index (χ3v) is 4.39. The van der Waals surface area contributed by atoms with Crippen molar-refractivity contribution in [2.45, 2.75) is 19.5 Å². The molecule has 4 rings (SSSR count). The maximum absolute atomic E-state index is 14.7. The number of ether oxygens (including phenoxy) is 1. The van der Waals surface area contributed by atoms with E-state index in [1.807, 2.05) is 6.92 Å². The van der Waals surface area contributed by atoms with Crippen LogP contribution in [0.4, 0.5) is 4.39 Å². The third kappa shape index (κ3) is 2.29. The quantitative estimate of drug-likeness (QED) is 0.786. The Balaban J connectivity index is 2.06. The van der Waals surface area contributed by atoms with Gasteiger partial charge in [-0.25, -0.2) is 14.2 Å². The molecule has 0 saturated heterocycles. The van der Waals surface area contributed by atoms with E-state index in [2.05, 4.69) is 4.98 Å². The molecule has 0 radical (unpaired) electrons. The summed E-state index contributed by atoms with van der Waals surface area (Å²) in [4.78, 5) is 27.8. The number of carboxylic acid groups (broad SMARTS) is 1. The molecule has 3 heterocycles. The van der Waals surface area contributed by atoms with Crippen LogP contribution in [0.25, 0.3) is 10.9 Å². The number of imidazole rings is 1. The molecule has 128 valence electrons. The summed E-state index contributed by atoms with van der Waals surface area (Å²) >= 11 is 0. The van der Waals surface area contributed by atoms with Gasteiger partial charge in [-0.15, -0.1) is 0 Å². The fourth-order valence-electron chi connectivity index (χ4n) is 3.14. The van der Waals surface area contributed by atoms with Gasteiger partial charge in [0, 0.05) is 18.6 Å². The van der Waals surface area contributed by atoms with E-state index >= 15 is 0 Å². The average Bonchev–Trinajstić information content (AvgIpc) is 3.08. The number of aromatic nitrogens is 3. The Labute approximate surface area is 140 Å². The Bertz CT molecular complexity index is 1060. The number of carboxylic acids is 1. The molecule has 0 spiro atoms. The van der Waals surface area contributed by atoms with Gasteiger partial charge in [-0.2, -0.15) is 0 Å². The molecule has 1 atom stereocenters. The molecule has 25 heavy (non-hydrogen) atoms. The van der Waals surface area contributed by atoms with E-state index in [-0.39, 0.29) is 35.9 Å². The molecule has 0 aliphatic carbocycles. The summed E-state index contributed by atoms with van der Waals surface area (Å²) in [5.41, 5.74) is -0.376. The Morgan fingerprint density at radius 2 is 2.32 bits per heavy atom. The summed E-state index contributed by atoms with van der Waals surface area (Å²) in [5, 5.41) is 9.27. The van der Waals surface area contributed by atoms with Crippen molar-refractivity contribution in [2.75, 3.05) is 6.61 Å². The van der Waals surface area contributed by atoms with Crippen molar-refractivity contribution < 1.29 is 19.0 Å². The first kappa shape index (κ1) is 15.4. The lowest BCUT2D eigenvalue weighted by atomic mass is 10.0. The lowest BCUT2D eigenvalue weighted by Gasteiger charge is -2.28. The van der Waals surface area contributed by atoms with E-state index in [1.54, 1.807) is 27.9 Å². The number of hydrogen-bond donors (Lipinski definition) is 1. The van der Waals surface area contributed by atoms with Gasteiger partial charge in [-0.1, -0.05) is 0 Å². The van der Waals surface area contributed by atoms with Gasteiger partial charge < -0.3 is 19.0 Å². The van der Waals surface area contributed by atoms with Crippen molar-refractivity contribution >= 4 is 16.9 Å². The number of carbonyl (C=O) groups is 1. The Kier molecular flexibility index (Phi) is 3.34. The van der Waals surface area contributed by atoms with Crippen LogP contribution in [0.15, 0.2) is 35.8 Å². The maximum atomic E-state index is 14.7. The minimum atomic E-state index is -1.33. The highest BCUT2D eigenvalue weighted by molar-refractivity contribution is 5.95. The van der Waals surface area contributed by atoms with Crippen molar-refractivity contribution in [1.29, 1.82) is 0 Å². The minimum absolute atomic E-state index is 0.00771. The summed E-state index contributed by atoms with van der Waals surface area (Å²) in [6.45, 7) is 2.29. The normalized spacial score (nSPS) is 16.0. The first-order valence-corrected chi connectivity index (χ1v) is 7.69. The maximum Gasteiger partial charge on any atom is 0.341 e. The highest BCUT2D eigenvalue weighted by atomic mass is 19.1. The Hall–Kier alpha value is -3.16. The zero-order chi connectivity index (χ0) is 17.7. The molecule has 0 amide bonds. The third-order valence-electron chi connectivity index (χ3n) is 4.39. The molecule has 0 fully saturated rings. The predicted molar refractivity (Wildman–Crippen MR) is 86.7 cm³/mol. The van der Waals surface area contributed by atoms with Gasteiger partial charge >= 0.3 is 5.97 Å². The van der Waals surface area contributed by atoms with E-state index in [1.165, 1.54) is 6.20 Å². The number of aromatic carboxylic acids is 1. The van der Waals surface area contributed by atoms with Gasteiger partial charge in [0.05, 0.1) is 35.4 Å². The molecule has 1 aliphatic heterocycles. The number of hydrogen-bond acceptors (Lipinski definition) is 4. The molecule has 3 aromatic rings. The molecule has 1 aromatic carbocycles. The van der Waals surface area contributed by atoms with Gasteiger partial charge in [0.25, 0.3) is 0 Å². The minimum Gasteiger partial charge on any atom is -0.489 e. The molecule has 1 N–H and O–H groups in total. The van der Waals surface area contributed by atoms with Crippen LogP contribution < -0.4 is 10.2 Å². The monoisotopic (exact) mass is 343 g/mol. The van der Waals surface area contributed by atoms with E-state index in [4.69, 9.17) is 4.74 Å². The molecule has 2 aromatic heterocycles.